The zero-order valence-electron chi connectivity index (χ0n) is 16.6. The van der Waals surface area contributed by atoms with Crippen molar-refractivity contribution >= 4 is 29.6 Å². The van der Waals surface area contributed by atoms with Crippen molar-refractivity contribution in [3.63, 3.8) is 0 Å². The highest BCUT2D eigenvalue weighted by Gasteiger charge is 2.27. The largest absolute Gasteiger partial charge is 0.388 e. The molecule has 0 saturated heterocycles. The SMILES string of the molecule is CNc1cccc(F)c1.NC(=O)c1c(-c2ccc(F)c(Cl)c2)nn2c1CN(C=O)CC2. The molecule has 4 rings (SSSR count). The van der Waals surface area contributed by atoms with Crippen LogP contribution >= 0.6 is 11.6 Å². The van der Waals surface area contributed by atoms with Crippen molar-refractivity contribution in [2.24, 2.45) is 5.73 Å². The van der Waals surface area contributed by atoms with Gasteiger partial charge in [0.1, 0.15) is 17.3 Å². The van der Waals surface area contributed by atoms with E-state index in [2.05, 4.69) is 10.4 Å². The first-order valence-corrected chi connectivity index (χ1v) is 9.69. The smallest absolute Gasteiger partial charge is 0.252 e. The third-order valence-electron chi connectivity index (χ3n) is 4.71. The van der Waals surface area contributed by atoms with Gasteiger partial charge in [-0.15, -0.1) is 0 Å². The number of hydrogen-bond donors (Lipinski definition) is 2. The summed E-state index contributed by atoms with van der Waals surface area (Å²) in [7, 11) is 1.76. The lowest BCUT2D eigenvalue weighted by Crippen LogP contribution is -2.34. The number of primary amides is 1. The van der Waals surface area contributed by atoms with Gasteiger partial charge in [-0.05, 0) is 36.4 Å². The number of rotatable bonds is 4. The molecule has 1 aliphatic heterocycles. The number of nitrogens with one attached hydrogen (secondary N) is 1. The Kier molecular flexibility index (Phi) is 6.86. The Morgan fingerprint density at radius 2 is 2.00 bits per heavy atom. The molecule has 0 aliphatic carbocycles. The Hall–Kier alpha value is -3.46. The maximum absolute atomic E-state index is 13.3. The Morgan fingerprint density at radius 3 is 2.58 bits per heavy atom. The molecule has 1 aromatic heterocycles. The first kappa shape index (κ1) is 22.2. The molecule has 2 heterocycles. The van der Waals surface area contributed by atoms with Gasteiger partial charge in [-0.1, -0.05) is 17.7 Å². The molecule has 0 unspecified atom stereocenters. The lowest BCUT2D eigenvalue weighted by atomic mass is 10.0. The summed E-state index contributed by atoms with van der Waals surface area (Å²) in [6.07, 6.45) is 0.718. The van der Waals surface area contributed by atoms with Crippen LogP contribution in [0.25, 0.3) is 11.3 Å². The van der Waals surface area contributed by atoms with E-state index in [1.807, 2.05) is 6.07 Å². The zero-order chi connectivity index (χ0) is 22.5. The van der Waals surface area contributed by atoms with Crippen molar-refractivity contribution in [2.75, 3.05) is 18.9 Å². The topological polar surface area (TPSA) is 93.2 Å². The Bertz CT molecular complexity index is 1120. The summed E-state index contributed by atoms with van der Waals surface area (Å²) < 4.78 is 27.3. The summed E-state index contributed by atoms with van der Waals surface area (Å²) in [4.78, 5) is 24.3. The highest BCUT2D eigenvalue weighted by atomic mass is 35.5. The van der Waals surface area contributed by atoms with Gasteiger partial charge in [-0.3, -0.25) is 14.3 Å². The van der Waals surface area contributed by atoms with Crippen LogP contribution in [0.3, 0.4) is 0 Å². The minimum atomic E-state index is -0.649. The molecule has 1 aliphatic rings. The van der Waals surface area contributed by atoms with Gasteiger partial charge in [0.25, 0.3) is 5.91 Å². The van der Waals surface area contributed by atoms with E-state index in [4.69, 9.17) is 17.3 Å². The number of fused-ring (bicyclic) bond motifs is 1. The quantitative estimate of drug-likeness (QED) is 0.600. The van der Waals surface area contributed by atoms with E-state index in [-0.39, 0.29) is 22.9 Å². The molecule has 7 nitrogen and oxygen atoms in total. The number of anilines is 1. The van der Waals surface area contributed by atoms with Crippen LogP contribution in [0, 0.1) is 11.6 Å². The minimum absolute atomic E-state index is 0.0617. The summed E-state index contributed by atoms with van der Waals surface area (Å²) in [6.45, 7) is 1.22. The van der Waals surface area contributed by atoms with Gasteiger partial charge in [0.15, 0.2) is 0 Å². The Morgan fingerprint density at radius 1 is 1.23 bits per heavy atom. The van der Waals surface area contributed by atoms with Crippen molar-refractivity contribution in [1.82, 2.24) is 14.7 Å². The third kappa shape index (κ3) is 5.00. The molecule has 2 aromatic carbocycles. The molecule has 0 spiro atoms. The second kappa shape index (κ2) is 9.57. The number of nitrogens with two attached hydrogens (primary N) is 1. The van der Waals surface area contributed by atoms with Crippen LogP contribution in [0.5, 0.6) is 0 Å². The van der Waals surface area contributed by atoms with Gasteiger partial charge >= 0.3 is 0 Å². The van der Waals surface area contributed by atoms with Gasteiger partial charge in [0.2, 0.25) is 6.41 Å². The number of halogens is 3. The van der Waals surface area contributed by atoms with Crippen molar-refractivity contribution in [3.8, 4) is 11.3 Å². The first-order chi connectivity index (χ1) is 14.8. The highest BCUT2D eigenvalue weighted by Crippen LogP contribution is 2.30. The number of aromatic nitrogens is 2. The summed E-state index contributed by atoms with van der Waals surface area (Å²) in [5.41, 5.74) is 7.92. The average Bonchev–Trinajstić information content (AvgIpc) is 3.15. The van der Waals surface area contributed by atoms with E-state index in [9.17, 15) is 18.4 Å². The maximum Gasteiger partial charge on any atom is 0.252 e. The van der Waals surface area contributed by atoms with E-state index in [1.165, 1.54) is 35.2 Å². The number of nitrogens with zero attached hydrogens (tertiary/aromatic N) is 3. The molecule has 0 radical (unpaired) electrons. The Labute approximate surface area is 182 Å². The normalized spacial score (nSPS) is 12.5. The summed E-state index contributed by atoms with van der Waals surface area (Å²) in [6, 6.07) is 10.4. The molecular formula is C21H20ClF2N5O2. The van der Waals surface area contributed by atoms with Gasteiger partial charge in [0, 0.05) is 24.8 Å². The van der Waals surface area contributed by atoms with Crippen LogP contribution in [-0.4, -0.2) is 40.6 Å². The second-order valence-corrected chi connectivity index (χ2v) is 7.13. The van der Waals surface area contributed by atoms with Crippen LogP contribution < -0.4 is 11.1 Å². The molecule has 162 valence electrons. The summed E-state index contributed by atoms with van der Waals surface area (Å²) >= 11 is 5.79. The highest BCUT2D eigenvalue weighted by molar-refractivity contribution is 6.31. The van der Waals surface area contributed by atoms with E-state index >= 15 is 0 Å². The third-order valence-corrected chi connectivity index (χ3v) is 5.00. The minimum Gasteiger partial charge on any atom is -0.388 e. The molecule has 0 saturated carbocycles. The van der Waals surface area contributed by atoms with Gasteiger partial charge in [-0.25, -0.2) is 8.78 Å². The standard InChI is InChI=1S/C14H12ClFN4O2.C7H8FN/c15-9-5-8(1-2-10(9)16)13-12(14(17)22)11-6-19(7-21)3-4-20(11)18-13;1-9-7-4-2-3-6(8)5-7/h1-2,5,7H,3-4,6H2,(H2,17,22);2-5,9H,1H3. The van der Waals surface area contributed by atoms with Crippen molar-refractivity contribution < 1.29 is 18.4 Å². The van der Waals surface area contributed by atoms with E-state index in [0.29, 0.717) is 30.0 Å². The van der Waals surface area contributed by atoms with Gasteiger partial charge in [0.05, 0.1) is 29.4 Å². The molecule has 31 heavy (non-hydrogen) atoms. The fourth-order valence-corrected chi connectivity index (χ4v) is 3.36. The van der Waals surface area contributed by atoms with Crippen molar-refractivity contribution in [3.05, 3.63) is 70.4 Å². The van der Waals surface area contributed by atoms with Crippen molar-refractivity contribution in [2.45, 2.75) is 13.1 Å². The summed E-state index contributed by atoms with van der Waals surface area (Å²) in [5, 5.41) is 7.14. The van der Waals surface area contributed by atoms with Crippen LogP contribution in [0.2, 0.25) is 5.02 Å². The second-order valence-electron chi connectivity index (χ2n) is 6.72. The first-order valence-electron chi connectivity index (χ1n) is 9.31. The molecule has 10 heteroatoms. The summed E-state index contributed by atoms with van der Waals surface area (Å²) in [5.74, 6) is -1.41. The van der Waals surface area contributed by atoms with Gasteiger partial charge in [-0.2, -0.15) is 5.10 Å². The van der Waals surface area contributed by atoms with Crippen LogP contribution in [-0.2, 0) is 17.9 Å². The molecule has 2 amide bonds. The predicted octanol–water partition coefficient (Wildman–Crippen LogP) is 3.28. The van der Waals surface area contributed by atoms with Crippen LogP contribution in [0.4, 0.5) is 14.5 Å². The van der Waals surface area contributed by atoms with Crippen LogP contribution in [0.1, 0.15) is 16.1 Å². The molecule has 3 aromatic rings. The number of benzene rings is 2. The fourth-order valence-electron chi connectivity index (χ4n) is 3.18. The monoisotopic (exact) mass is 447 g/mol. The molecule has 0 atom stereocenters. The average molecular weight is 448 g/mol. The van der Waals surface area contributed by atoms with E-state index in [1.54, 1.807) is 17.8 Å². The lowest BCUT2D eigenvalue weighted by molar-refractivity contribution is -0.119. The molecule has 0 fully saturated rings. The lowest BCUT2D eigenvalue weighted by Gasteiger charge is -2.24. The van der Waals surface area contributed by atoms with E-state index in [0.717, 1.165) is 12.1 Å². The fraction of sp³-hybridized carbons (Fsp3) is 0.190. The molecular weight excluding hydrogens is 428 g/mol. The van der Waals surface area contributed by atoms with E-state index < -0.39 is 11.7 Å². The molecule has 3 N–H and O–H groups in total. The van der Waals surface area contributed by atoms with Crippen molar-refractivity contribution in [1.29, 1.82) is 0 Å². The predicted molar refractivity (Wildman–Crippen MR) is 114 cm³/mol. The van der Waals surface area contributed by atoms with Crippen LogP contribution in [0.15, 0.2) is 42.5 Å². The number of hydrogen-bond acceptors (Lipinski definition) is 4. The molecule has 0 bridgehead atoms. The van der Waals surface area contributed by atoms with Gasteiger partial charge < -0.3 is 16.0 Å². The number of carbonyl (C=O) groups is 2. The maximum atomic E-state index is 13.3. The number of amides is 2. The number of carbonyl (C=O) groups excluding carboxylic acids is 2. The Balaban J connectivity index is 0.000000254. The zero-order valence-corrected chi connectivity index (χ0v) is 17.4.